The van der Waals surface area contributed by atoms with Crippen LogP contribution in [0.4, 0.5) is 0 Å². The number of ketones is 1. The molecule has 0 spiro atoms. The van der Waals surface area contributed by atoms with Crippen molar-refractivity contribution in [1.82, 2.24) is 9.78 Å². The summed E-state index contributed by atoms with van der Waals surface area (Å²) in [5.41, 5.74) is 1.36. The Morgan fingerprint density at radius 1 is 1.36 bits per heavy atom. The van der Waals surface area contributed by atoms with E-state index in [9.17, 15) is 9.59 Å². The Morgan fingerprint density at radius 2 is 2.12 bits per heavy atom. The molecule has 0 atom stereocenters. The summed E-state index contributed by atoms with van der Waals surface area (Å²) in [7, 11) is 1.52. The van der Waals surface area contributed by atoms with Crippen molar-refractivity contribution >= 4 is 22.7 Å². The first-order valence-corrected chi connectivity index (χ1v) is 7.81. The molecule has 1 aromatic carbocycles. The average molecular weight is 340 g/mol. The zero-order chi connectivity index (χ0) is 18.4. The standard InChI is InChI=1S/C19H20N2O4/c1-4-6-7-8-13(5-2)19(24)18-15-10-9-14(25-3)11-16(15)21(20-18)12-17(22)23/h4,6-11H,1,5,12H2,2-3H3,(H,22,23)/b7-6-,13-8+. The molecule has 0 amide bonds. The van der Waals surface area contributed by atoms with Gasteiger partial charge in [0.25, 0.3) is 0 Å². The summed E-state index contributed by atoms with van der Waals surface area (Å²) >= 11 is 0. The maximum atomic E-state index is 12.9. The van der Waals surface area contributed by atoms with Crippen molar-refractivity contribution in [2.45, 2.75) is 19.9 Å². The van der Waals surface area contributed by atoms with Crippen molar-refractivity contribution in [3.63, 3.8) is 0 Å². The molecule has 0 fully saturated rings. The van der Waals surface area contributed by atoms with Gasteiger partial charge < -0.3 is 9.84 Å². The number of ether oxygens (including phenoxy) is 1. The molecular weight excluding hydrogens is 320 g/mol. The monoisotopic (exact) mass is 340 g/mol. The maximum absolute atomic E-state index is 12.9. The van der Waals surface area contributed by atoms with Crippen LogP contribution in [-0.4, -0.2) is 33.7 Å². The molecule has 130 valence electrons. The third-order valence-corrected chi connectivity index (χ3v) is 3.68. The second kappa shape index (κ2) is 8.10. The summed E-state index contributed by atoms with van der Waals surface area (Å²) in [5, 5.41) is 13.9. The summed E-state index contributed by atoms with van der Waals surface area (Å²) in [4.78, 5) is 24.0. The molecule has 1 N–H and O–H groups in total. The van der Waals surface area contributed by atoms with E-state index in [-0.39, 0.29) is 18.0 Å². The lowest BCUT2D eigenvalue weighted by Crippen LogP contribution is -2.11. The van der Waals surface area contributed by atoms with Gasteiger partial charge in [0, 0.05) is 17.0 Å². The second-order valence-electron chi connectivity index (χ2n) is 5.28. The lowest BCUT2D eigenvalue weighted by atomic mass is 10.0. The van der Waals surface area contributed by atoms with E-state index < -0.39 is 5.97 Å². The number of aliphatic carboxylic acids is 1. The smallest absolute Gasteiger partial charge is 0.325 e. The topological polar surface area (TPSA) is 81.4 Å². The molecule has 6 nitrogen and oxygen atoms in total. The summed E-state index contributed by atoms with van der Waals surface area (Å²) in [5.74, 6) is -0.694. The summed E-state index contributed by atoms with van der Waals surface area (Å²) < 4.78 is 6.49. The van der Waals surface area contributed by atoms with Crippen LogP contribution in [0.3, 0.4) is 0 Å². The van der Waals surface area contributed by atoms with Gasteiger partial charge in [-0.1, -0.05) is 37.8 Å². The molecule has 2 rings (SSSR count). The van der Waals surface area contributed by atoms with Gasteiger partial charge in [-0.25, -0.2) is 0 Å². The molecule has 2 aromatic rings. The second-order valence-corrected chi connectivity index (χ2v) is 5.28. The Kier molecular flexibility index (Phi) is 5.89. The first kappa shape index (κ1) is 18.2. The molecule has 1 aromatic heterocycles. The van der Waals surface area contributed by atoms with E-state index in [0.717, 1.165) is 0 Å². The van der Waals surface area contributed by atoms with Gasteiger partial charge in [-0.3, -0.25) is 14.3 Å². The molecule has 0 saturated heterocycles. The minimum atomic E-state index is -1.04. The van der Waals surface area contributed by atoms with Crippen molar-refractivity contribution in [2.75, 3.05) is 7.11 Å². The van der Waals surface area contributed by atoms with Crippen LogP contribution in [0.25, 0.3) is 10.9 Å². The normalized spacial score (nSPS) is 11.8. The molecule has 0 aliphatic carbocycles. The predicted molar refractivity (Wildman–Crippen MR) is 96.0 cm³/mol. The Bertz CT molecular complexity index is 875. The molecule has 0 aliphatic rings. The largest absolute Gasteiger partial charge is 0.497 e. The number of benzene rings is 1. The van der Waals surface area contributed by atoms with Crippen molar-refractivity contribution in [3.8, 4) is 5.75 Å². The number of carbonyl (C=O) groups excluding carboxylic acids is 1. The molecule has 0 unspecified atom stereocenters. The molecule has 0 saturated carbocycles. The molecule has 0 aliphatic heterocycles. The minimum Gasteiger partial charge on any atom is -0.497 e. The lowest BCUT2D eigenvalue weighted by molar-refractivity contribution is -0.137. The number of carboxylic acid groups (broad SMARTS) is 1. The SMILES string of the molecule is C=C/C=C\C=C(/CC)C(=O)c1nn(CC(=O)O)c2cc(OC)ccc12. The fraction of sp³-hybridized carbons (Fsp3) is 0.211. The Labute approximate surface area is 145 Å². The fourth-order valence-electron chi connectivity index (χ4n) is 2.45. The van der Waals surface area contributed by atoms with E-state index in [2.05, 4.69) is 11.7 Å². The number of fused-ring (bicyclic) bond motifs is 1. The fourth-order valence-corrected chi connectivity index (χ4v) is 2.45. The number of aromatic nitrogens is 2. The molecule has 0 radical (unpaired) electrons. The molecule has 25 heavy (non-hydrogen) atoms. The number of nitrogens with zero attached hydrogens (tertiary/aromatic N) is 2. The van der Waals surface area contributed by atoms with Crippen molar-refractivity contribution in [1.29, 1.82) is 0 Å². The van der Waals surface area contributed by atoms with Crippen LogP contribution in [-0.2, 0) is 11.3 Å². The average Bonchev–Trinajstić information content (AvgIpc) is 2.95. The van der Waals surface area contributed by atoms with Crippen molar-refractivity contribution in [3.05, 3.63) is 60.3 Å². The highest BCUT2D eigenvalue weighted by Gasteiger charge is 2.20. The molecule has 0 bridgehead atoms. The Balaban J connectivity index is 2.58. The highest BCUT2D eigenvalue weighted by Crippen LogP contribution is 2.26. The quantitative estimate of drug-likeness (QED) is 0.452. The summed E-state index contributed by atoms with van der Waals surface area (Å²) in [6.07, 6.45) is 7.34. The highest BCUT2D eigenvalue weighted by atomic mass is 16.5. The Hall–Kier alpha value is -3.15. The lowest BCUT2D eigenvalue weighted by Gasteiger charge is -2.02. The first-order valence-electron chi connectivity index (χ1n) is 7.81. The summed E-state index contributed by atoms with van der Waals surface area (Å²) in [6, 6.07) is 5.12. The maximum Gasteiger partial charge on any atom is 0.325 e. The highest BCUT2D eigenvalue weighted by molar-refractivity contribution is 6.15. The predicted octanol–water partition coefficient (Wildman–Crippen LogP) is 3.39. The van der Waals surface area contributed by atoms with Crippen LogP contribution >= 0.6 is 0 Å². The number of hydrogen-bond acceptors (Lipinski definition) is 4. The van der Waals surface area contributed by atoms with Gasteiger partial charge in [0.1, 0.15) is 18.0 Å². The van der Waals surface area contributed by atoms with Gasteiger partial charge in [-0.15, -0.1) is 0 Å². The Morgan fingerprint density at radius 3 is 2.72 bits per heavy atom. The van der Waals surface area contributed by atoms with Crippen LogP contribution < -0.4 is 4.74 Å². The van der Waals surface area contributed by atoms with E-state index in [1.165, 1.54) is 11.8 Å². The van der Waals surface area contributed by atoms with E-state index in [0.29, 0.717) is 28.6 Å². The molecular formula is C19H20N2O4. The van der Waals surface area contributed by atoms with E-state index in [1.54, 1.807) is 42.5 Å². The molecule has 6 heteroatoms. The minimum absolute atomic E-state index is 0.226. The number of carboxylic acids is 1. The van der Waals surface area contributed by atoms with Gasteiger partial charge >= 0.3 is 5.97 Å². The number of methoxy groups -OCH3 is 1. The first-order chi connectivity index (χ1) is 12.0. The third kappa shape index (κ3) is 4.03. The number of Topliss-reactive ketones (excluding diaryl/α,β-unsaturated/α-hetero) is 1. The van der Waals surface area contributed by atoms with Crippen LogP contribution in [0, 0.1) is 0 Å². The van der Waals surface area contributed by atoms with Crippen LogP contribution in [0.5, 0.6) is 5.75 Å². The number of hydrogen-bond donors (Lipinski definition) is 1. The van der Waals surface area contributed by atoms with Gasteiger partial charge in [0.15, 0.2) is 0 Å². The van der Waals surface area contributed by atoms with Crippen molar-refractivity contribution < 1.29 is 19.4 Å². The van der Waals surface area contributed by atoms with E-state index in [4.69, 9.17) is 9.84 Å². The zero-order valence-corrected chi connectivity index (χ0v) is 14.2. The van der Waals surface area contributed by atoms with E-state index >= 15 is 0 Å². The van der Waals surface area contributed by atoms with Gasteiger partial charge in [-0.2, -0.15) is 5.10 Å². The van der Waals surface area contributed by atoms with Crippen LogP contribution in [0.1, 0.15) is 23.8 Å². The van der Waals surface area contributed by atoms with E-state index in [1.807, 2.05) is 6.92 Å². The van der Waals surface area contributed by atoms with Gasteiger partial charge in [-0.05, 0) is 18.6 Å². The van der Waals surface area contributed by atoms with Gasteiger partial charge in [0.2, 0.25) is 5.78 Å². The number of allylic oxidation sites excluding steroid dienone is 5. The summed E-state index contributed by atoms with van der Waals surface area (Å²) in [6.45, 7) is 5.14. The van der Waals surface area contributed by atoms with Crippen molar-refractivity contribution in [2.24, 2.45) is 0 Å². The van der Waals surface area contributed by atoms with Crippen LogP contribution in [0.2, 0.25) is 0 Å². The molecule has 1 heterocycles. The third-order valence-electron chi connectivity index (χ3n) is 3.68. The zero-order valence-electron chi connectivity index (χ0n) is 14.2. The number of carbonyl (C=O) groups is 2. The number of rotatable bonds is 8. The van der Waals surface area contributed by atoms with Crippen LogP contribution in [0.15, 0.2) is 54.7 Å². The van der Waals surface area contributed by atoms with Gasteiger partial charge in [0.05, 0.1) is 12.6 Å².